The first-order valence-corrected chi connectivity index (χ1v) is 10.5. The molecule has 3 rings (SSSR count). The molecule has 0 radical (unpaired) electrons. The Morgan fingerprint density at radius 2 is 1.72 bits per heavy atom. The average Bonchev–Trinajstić information content (AvgIpc) is 2.82. The smallest absolute Gasteiger partial charge is 0.271 e. The second-order valence-electron chi connectivity index (χ2n) is 6.89. The van der Waals surface area contributed by atoms with Gasteiger partial charge in [0.2, 0.25) is 0 Å². The summed E-state index contributed by atoms with van der Waals surface area (Å²) < 4.78 is 17.4. The maximum atomic E-state index is 12.0. The minimum atomic E-state index is -0.304. The number of aromatic nitrogens is 1. The molecule has 0 unspecified atom stereocenters. The summed E-state index contributed by atoms with van der Waals surface area (Å²) in [4.78, 5) is 15.9. The number of carbonyl (C=O) groups is 1. The fourth-order valence-electron chi connectivity index (χ4n) is 2.87. The predicted molar refractivity (Wildman–Crippen MR) is 124 cm³/mol. The molecular formula is C25H27N3O4. The largest absolute Gasteiger partial charge is 0.493 e. The molecule has 0 saturated carbocycles. The number of benzene rings is 2. The third kappa shape index (κ3) is 6.84. The van der Waals surface area contributed by atoms with Crippen molar-refractivity contribution in [2.75, 3.05) is 19.8 Å². The van der Waals surface area contributed by atoms with Crippen molar-refractivity contribution in [3.63, 3.8) is 0 Å². The molecule has 0 aliphatic heterocycles. The number of hydrogen-bond acceptors (Lipinski definition) is 6. The van der Waals surface area contributed by atoms with Gasteiger partial charge in [0.1, 0.15) is 5.75 Å². The highest BCUT2D eigenvalue weighted by Crippen LogP contribution is 2.28. The average molecular weight is 434 g/mol. The van der Waals surface area contributed by atoms with Crippen molar-refractivity contribution in [1.29, 1.82) is 0 Å². The molecule has 32 heavy (non-hydrogen) atoms. The van der Waals surface area contributed by atoms with Crippen LogP contribution < -0.4 is 19.6 Å². The van der Waals surface area contributed by atoms with Gasteiger partial charge in [0, 0.05) is 24.4 Å². The molecule has 0 spiro atoms. The molecule has 7 nitrogen and oxygen atoms in total. The molecule has 1 N–H and O–H groups in total. The van der Waals surface area contributed by atoms with E-state index in [4.69, 9.17) is 14.2 Å². The number of hydrazone groups is 1. The van der Waals surface area contributed by atoms with Gasteiger partial charge in [0.15, 0.2) is 11.5 Å². The topological polar surface area (TPSA) is 82.0 Å². The van der Waals surface area contributed by atoms with E-state index in [9.17, 15) is 4.79 Å². The summed E-state index contributed by atoms with van der Waals surface area (Å²) in [6, 6.07) is 16.7. The molecular weight excluding hydrogens is 406 g/mol. The lowest BCUT2D eigenvalue weighted by Gasteiger charge is -2.13. The molecule has 0 fully saturated rings. The van der Waals surface area contributed by atoms with Crippen LogP contribution in [0.15, 0.2) is 72.1 Å². The molecule has 0 bridgehead atoms. The Kier molecular flexibility index (Phi) is 8.62. The van der Waals surface area contributed by atoms with Gasteiger partial charge in [-0.25, -0.2) is 5.43 Å². The zero-order valence-electron chi connectivity index (χ0n) is 18.3. The van der Waals surface area contributed by atoms with Crippen molar-refractivity contribution in [2.45, 2.75) is 20.3 Å². The third-order valence-corrected chi connectivity index (χ3v) is 4.49. The Hall–Kier alpha value is -3.87. The van der Waals surface area contributed by atoms with Crippen LogP contribution in [-0.2, 0) is 0 Å². The van der Waals surface area contributed by atoms with Gasteiger partial charge in [-0.1, -0.05) is 18.2 Å². The van der Waals surface area contributed by atoms with Gasteiger partial charge in [0.05, 0.1) is 26.0 Å². The number of nitrogens with one attached hydrogen (secondary N) is 1. The lowest BCUT2D eigenvalue weighted by molar-refractivity contribution is 0.0955. The summed E-state index contributed by atoms with van der Waals surface area (Å²) in [6.07, 6.45) is 5.41. The minimum Gasteiger partial charge on any atom is -0.493 e. The van der Waals surface area contributed by atoms with E-state index in [1.165, 1.54) is 0 Å². The van der Waals surface area contributed by atoms with Crippen LogP contribution in [0.5, 0.6) is 17.2 Å². The Morgan fingerprint density at radius 1 is 0.969 bits per heavy atom. The molecule has 0 atom stereocenters. The number of para-hydroxylation sites is 1. The van der Waals surface area contributed by atoms with E-state index in [1.54, 1.807) is 30.7 Å². The van der Waals surface area contributed by atoms with Crippen molar-refractivity contribution < 1.29 is 19.0 Å². The SMILES string of the molecule is CCOc1cc(/C=N/NC(=O)c2ccncc2)ccc1OCCCOc1ccccc1C. The van der Waals surface area contributed by atoms with Crippen LogP contribution in [0.1, 0.15) is 34.8 Å². The van der Waals surface area contributed by atoms with Crippen LogP contribution in [0.2, 0.25) is 0 Å². The molecule has 3 aromatic rings. The number of nitrogens with zero attached hydrogens (tertiary/aromatic N) is 2. The summed E-state index contributed by atoms with van der Waals surface area (Å²) in [7, 11) is 0. The lowest BCUT2D eigenvalue weighted by Crippen LogP contribution is -2.17. The molecule has 0 saturated heterocycles. The zero-order chi connectivity index (χ0) is 22.6. The first kappa shape index (κ1) is 22.8. The molecule has 0 aliphatic carbocycles. The van der Waals surface area contributed by atoms with E-state index in [2.05, 4.69) is 15.5 Å². The Balaban J connectivity index is 1.51. The van der Waals surface area contributed by atoms with Crippen LogP contribution in [0.4, 0.5) is 0 Å². The quantitative estimate of drug-likeness (QED) is 0.275. The van der Waals surface area contributed by atoms with Gasteiger partial charge < -0.3 is 14.2 Å². The Bertz CT molecular complexity index is 1040. The van der Waals surface area contributed by atoms with Crippen molar-refractivity contribution >= 4 is 12.1 Å². The summed E-state index contributed by atoms with van der Waals surface area (Å²) in [5.74, 6) is 1.86. The summed E-state index contributed by atoms with van der Waals surface area (Å²) in [6.45, 7) is 5.51. The minimum absolute atomic E-state index is 0.304. The second-order valence-corrected chi connectivity index (χ2v) is 6.89. The van der Waals surface area contributed by atoms with Crippen LogP contribution in [0, 0.1) is 6.92 Å². The molecule has 1 amide bonds. The number of aryl methyl sites for hydroxylation is 1. The van der Waals surface area contributed by atoms with Crippen LogP contribution in [-0.4, -0.2) is 36.9 Å². The van der Waals surface area contributed by atoms with Gasteiger partial charge >= 0.3 is 0 Å². The molecule has 2 aromatic carbocycles. The Labute approximate surface area is 188 Å². The molecule has 7 heteroatoms. The maximum Gasteiger partial charge on any atom is 0.271 e. The lowest BCUT2D eigenvalue weighted by atomic mass is 10.2. The van der Waals surface area contributed by atoms with Crippen molar-refractivity contribution in [1.82, 2.24) is 10.4 Å². The highest BCUT2D eigenvalue weighted by molar-refractivity contribution is 5.94. The first-order valence-electron chi connectivity index (χ1n) is 10.5. The van der Waals surface area contributed by atoms with E-state index in [1.807, 2.05) is 56.3 Å². The van der Waals surface area contributed by atoms with Gasteiger partial charge in [0.25, 0.3) is 5.91 Å². The van der Waals surface area contributed by atoms with Gasteiger partial charge in [-0.15, -0.1) is 0 Å². The first-order chi connectivity index (χ1) is 15.7. The number of hydrogen-bond donors (Lipinski definition) is 1. The molecule has 0 aliphatic rings. The van der Waals surface area contributed by atoms with Gasteiger partial charge in [-0.3, -0.25) is 9.78 Å². The Morgan fingerprint density at radius 3 is 2.47 bits per heavy atom. The normalized spacial score (nSPS) is 10.7. The molecule has 166 valence electrons. The number of ether oxygens (including phenoxy) is 3. The third-order valence-electron chi connectivity index (χ3n) is 4.49. The summed E-state index contributed by atoms with van der Waals surface area (Å²) >= 11 is 0. The highest BCUT2D eigenvalue weighted by atomic mass is 16.5. The second kappa shape index (κ2) is 12.1. The van der Waals surface area contributed by atoms with E-state index in [-0.39, 0.29) is 5.91 Å². The van der Waals surface area contributed by atoms with Crippen molar-refractivity contribution in [2.24, 2.45) is 5.10 Å². The standard InChI is InChI=1S/C25H27N3O4/c1-3-30-24-17-20(18-27-28-25(29)21-11-13-26-14-12-21)9-10-23(24)32-16-6-15-31-22-8-5-4-7-19(22)2/h4-5,7-14,17-18H,3,6,15-16H2,1-2H3,(H,28,29)/b27-18+. The maximum absolute atomic E-state index is 12.0. The fourth-order valence-corrected chi connectivity index (χ4v) is 2.87. The number of amides is 1. The monoisotopic (exact) mass is 433 g/mol. The van der Waals surface area contributed by atoms with E-state index >= 15 is 0 Å². The number of pyridine rings is 1. The zero-order valence-corrected chi connectivity index (χ0v) is 18.3. The summed E-state index contributed by atoms with van der Waals surface area (Å²) in [5.41, 5.74) is 4.87. The number of rotatable bonds is 11. The van der Waals surface area contributed by atoms with Crippen molar-refractivity contribution in [3.05, 3.63) is 83.7 Å². The van der Waals surface area contributed by atoms with Gasteiger partial charge in [-0.2, -0.15) is 5.10 Å². The van der Waals surface area contributed by atoms with E-state index < -0.39 is 0 Å². The van der Waals surface area contributed by atoms with Crippen LogP contribution in [0.3, 0.4) is 0 Å². The van der Waals surface area contributed by atoms with E-state index in [0.29, 0.717) is 36.9 Å². The summed E-state index contributed by atoms with van der Waals surface area (Å²) in [5, 5.41) is 4.01. The highest BCUT2D eigenvalue weighted by Gasteiger charge is 2.07. The molecule has 1 heterocycles. The molecule has 1 aromatic heterocycles. The number of carbonyl (C=O) groups excluding carboxylic acids is 1. The van der Waals surface area contributed by atoms with Crippen LogP contribution >= 0.6 is 0 Å². The van der Waals surface area contributed by atoms with Gasteiger partial charge in [-0.05, 0) is 61.4 Å². The van der Waals surface area contributed by atoms with Crippen molar-refractivity contribution in [3.8, 4) is 17.2 Å². The van der Waals surface area contributed by atoms with Crippen LogP contribution in [0.25, 0.3) is 0 Å². The van der Waals surface area contributed by atoms with E-state index in [0.717, 1.165) is 23.3 Å². The predicted octanol–water partition coefficient (Wildman–Crippen LogP) is 4.40. The fraction of sp³-hybridized carbons (Fsp3) is 0.240.